The molecule has 0 aliphatic rings. The van der Waals surface area contributed by atoms with Gasteiger partial charge in [0.1, 0.15) is 25.2 Å². The van der Waals surface area contributed by atoms with E-state index in [1.54, 1.807) is 7.11 Å². The summed E-state index contributed by atoms with van der Waals surface area (Å²) in [6.07, 6.45) is 4.76. The molecule has 5 nitrogen and oxygen atoms in total. The third-order valence-electron chi connectivity index (χ3n) is 4.39. The van der Waals surface area contributed by atoms with Gasteiger partial charge in [-0.25, -0.2) is 0 Å². The third-order valence-corrected chi connectivity index (χ3v) is 4.39. The molecule has 0 spiro atoms. The molecule has 0 atom stereocenters. The first-order chi connectivity index (χ1) is 14.1. The summed E-state index contributed by atoms with van der Waals surface area (Å²) in [5.74, 6) is 1.68. The number of aryl methyl sites for hydroxylation is 2. The van der Waals surface area contributed by atoms with Gasteiger partial charge in [-0.15, -0.1) is 0 Å². The first kappa shape index (κ1) is 22.5. The van der Waals surface area contributed by atoms with E-state index in [0.29, 0.717) is 13.2 Å². The van der Waals surface area contributed by atoms with Gasteiger partial charge < -0.3 is 19.0 Å². The predicted molar refractivity (Wildman–Crippen MR) is 117 cm³/mol. The Kier molecular flexibility index (Phi) is 9.25. The highest BCUT2D eigenvalue weighted by Crippen LogP contribution is 2.28. The van der Waals surface area contributed by atoms with Crippen molar-refractivity contribution in [1.82, 2.24) is 0 Å². The Hall–Kier alpha value is -2.79. The molecule has 0 aromatic heterocycles. The highest BCUT2D eigenvalue weighted by Gasteiger charge is 2.08. The maximum Gasteiger partial charge on any atom is 0.189 e. The first-order valence-corrected chi connectivity index (χ1v) is 9.84. The molecule has 0 aliphatic carbocycles. The van der Waals surface area contributed by atoms with Gasteiger partial charge >= 0.3 is 0 Å². The van der Waals surface area contributed by atoms with E-state index in [2.05, 4.69) is 12.1 Å². The Balaban J connectivity index is 1.86. The van der Waals surface area contributed by atoms with Crippen molar-refractivity contribution in [3.63, 3.8) is 0 Å². The molecule has 5 heteroatoms. The quantitative estimate of drug-likeness (QED) is 0.163. The number of allylic oxidation sites excluding steroid dienone is 1. The lowest BCUT2D eigenvalue weighted by Gasteiger charge is -2.14. The van der Waals surface area contributed by atoms with Crippen molar-refractivity contribution < 1.29 is 19.0 Å². The van der Waals surface area contributed by atoms with E-state index in [4.69, 9.17) is 19.0 Å². The number of nitrogens with zero attached hydrogens (tertiary/aromatic N) is 1. The summed E-state index contributed by atoms with van der Waals surface area (Å²) in [5, 5.41) is 4.05. The van der Waals surface area contributed by atoms with Crippen molar-refractivity contribution >= 4 is 5.71 Å². The average molecular weight is 398 g/mol. The van der Waals surface area contributed by atoms with Crippen molar-refractivity contribution in [2.24, 2.45) is 5.16 Å². The van der Waals surface area contributed by atoms with Crippen LogP contribution in [0.25, 0.3) is 0 Å². The molecule has 0 saturated heterocycles. The van der Waals surface area contributed by atoms with Crippen LogP contribution in [0.2, 0.25) is 0 Å². The lowest BCUT2D eigenvalue weighted by molar-refractivity contribution is 0.00428. The smallest absolute Gasteiger partial charge is 0.189 e. The second-order valence-corrected chi connectivity index (χ2v) is 6.65. The molecule has 0 amide bonds. The number of ether oxygens (including phenoxy) is 3. The molecule has 0 bridgehead atoms. The normalized spacial score (nSPS) is 11.7. The third kappa shape index (κ3) is 6.95. The Morgan fingerprint density at radius 2 is 1.72 bits per heavy atom. The molecule has 0 radical (unpaired) electrons. The van der Waals surface area contributed by atoms with Crippen molar-refractivity contribution in [1.29, 1.82) is 0 Å². The van der Waals surface area contributed by atoms with E-state index < -0.39 is 0 Å². The van der Waals surface area contributed by atoms with Crippen molar-refractivity contribution in [3.8, 4) is 11.5 Å². The molecular weight excluding hydrogens is 366 g/mol. The van der Waals surface area contributed by atoms with Crippen molar-refractivity contribution in [2.45, 2.75) is 40.7 Å². The van der Waals surface area contributed by atoms with Gasteiger partial charge in [-0.1, -0.05) is 48.5 Å². The van der Waals surface area contributed by atoms with Gasteiger partial charge in [-0.3, -0.25) is 0 Å². The summed E-state index contributed by atoms with van der Waals surface area (Å²) in [6.45, 7) is 9.28. The summed E-state index contributed by atoms with van der Waals surface area (Å²) in [5.41, 5.74) is 5.10. The van der Waals surface area contributed by atoms with E-state index in [9.17, 15) is 0 Å². The lowest BCUT2D eigenvalue weighted by atomic mass is 10.1. The van der Waals surface area contributed by atoms with Crippen LogP contribution in [-0.4, -0.2) is 26.2 Å². The zero-order valence-corrected chi connectivity index (χ0v) is 18.0. The summed E-state index contributed by atoms with van der Waals surface area (Å²) in [4.78, 5) is 4.89. The summed E-state index contributed by atoms with van der Waals surface area (Å²) >= 11 is 0. The molecule has 0 fully saturated rings. The molecule has 2 aromatic carbocycles. The number of benzene rings is 2. The highest BCUT2D eigenvalue weighted by atomic mass is 16.7. The van der Waals surface area contributed by atoms with Crippen LogP contribution >= 0.6 is 0 Å². The second kappa shape index (κ2) is 11.9. The Bertz CT molecular complexity index is 802. The van der Waals surface area contributed by atoms with Crippen LogP contribution in [0.4, 0.5) is 0 Å². The van der Waals surface area contributed by atoms with Gasteiger partial charge in [0.2, 0.25) is 0 Å². The first-order valence-electron chi connectivity index (χ1n) is 9.84. The monoisotopic (exact) mass is 397 g/mol. The fraction of sp³-hybridized carbons (Fsp3) is 0.375. The average Bonchev–Trinajstić information content (AvgIpc) is 2.71. The van der Waals surface area contributed by atoms with Gasteiger partial charge in [-0.2, -0.15) is 0 Å². The maximum atomic E-state index is 5.85. The fourth-order valence-corrected chi connectivity index (χ4v) is 2.95. The highest BCUT2D eigenvalue weighted by molar-refractivity contribution is 6.00. The zero-order valence-electron chi connectivity index (χ0n) is 18.0. The van der Waals surface area contributed by atoms with Gasteiger partial charge in [0.15, 0.2) is 6.79 Å². The molecule has 2 aromatic rings. The Morgan fingerprint density at radius 3 is 2.31 bits per heavy atom. The van der Waals surface area contributed by atoms with Crippen LogP contribution in [0.3, 0.4) is 0 Å². The Labute approximate surface area is 173 Å². The van der Waals surface area contributed by atoms with E-state index in [-0.39, 0.29) is 6.79 Å². The van der Waals surface area contributed by atoms with Crippen LogP contribution < -0.4 is 9.47 Å². The minimum atomic E-state index is 0.188. The SMILES string of the molecule is C/C=C/COc1cc(C)c(OCOCc2ccc(/C(CC)=N/OC)cc2)c(C)c1. The molecule has 0 heterocycles. The van der Waals surface area contributed by atoms with E-state index >= 15 is 0 Å². The number of hydrogen-bond donors (Lipinski definition) is 0. The molecule has 0 saturated carbocycles. The minimum Gasteiger partial charge on any atom is -0.490 e. The van der Waals surface area contributed by atoms with E-state index in [1.807, 2.05) is 69.3 Å². The standard InChI is InChI=1S/C24H31NO4/c1-6-8-13-28-22-14-18(3)24(19(4)15-22)29-17-27-16-20-9-11-21(12-10-20)23(7-2)25-26-5/h6,8-12,14-15H,7,13,16-17H2,1-5H3/b8-6+,25-23+. The topological polar surface area (TPSA) is 49.3 Å². The van der Waals surface area contributed by atoms with Crippen LogP contribution in [0.1, 0.15) is 42.5 Å². The van der Waals surface area contributed by atoms with E-state index in [0.717, 1.165) is 45.9 Å². The van der Waals surface area contributed by atoms with E-state index in [1.165, 1.54) is 0 Å². The van der Waals surface area contributed by atoms with Gasteiger partial charge in [-0.05, 0) is 61.6 Å². The summed E-state index contributed by atoms with van der Waals surface area (Å²) in [6, 6.07) is 12.1. The van der Waals surface area contributed by atoms with Crippen LogP contribution in [0.5, 0.6) is 11.5 Å². The predicted octanol–water partition coefficient (Wildman–Crippen LogP) is 5.57. The second-order valence-electron chi connectivity index (χ2n) is 6.65. The number of oxime groups is 1. The number of rotatable bonds is 11. The molecule has 0 aliphatic heterocycles. The lowest BCUT2D eigenvalue weighted by Crippen LogP contribution is -2.06. The van der Waals surface area contributed by atoms with Crippen LogP contribution in [-0.2, 0) is 16.2 Å². The van der Waals surface area contributed by atoms with Gasteiger partial charge in [0.25, 0.3) is 0 Å². The van der Waals surface area contributed by atoms with Gasteiger partial charge in [0.05, 0.1) is 12.3 Å². The van der Waals surface area contributed by atoms with Crippen molar-refractivity contribution in [3.05, 3.63) is 70.8 Å². The largest absolute Gasteiger partial charge is 0.490 e. The maximum absolute atomic E-state index is 5.85. The minimum absolute atomic E-state index is 0.188. The van der Waals surface area contributed by atoms with Crippen LogP contribution in [0.15, 0.2) is 53.7 Å². The molecular formula is C24H31NO4. The fourth-order valence-electron chi connectivity index (χ4n) is 2.95. The number of hydrogen-bond acceptors (Lipinski definition) is 5. The molecule has 29 heavy (non-hydrogen) atoms. The summed E-state index contributed by atoms with van der Waals surface area (Å²) in [7, 11) is 1.56. The van der Waals surface area contributed by atoms with Crippen LogP contribution in [0, 0.1) is 13.8 Å². The summed E-state index contributed by atoms with van der Waals surface area (Å²) < 4.78 is 17.3. The van der Waals surface area contributed by atoms with Gasteiger partial charge in [0, 0.05) is 0 Å². The molecule has 0 N–H and O–H groups in total. The zero-order chi connectivity index (χ0) is 21.1. The Morgan fingerprint density at radius 1 is 1.03 bits per heavy atom. The van der Waals surface area contributed by atoms with Crippen molar-refractivity contribution in [2.75, 3.05) is 20.5 Å². The molecule has 0 unspecified atom stereocenters. The molecule has 2 rings (SSSR count). The molecule has 156 valence electrons.